The monoisotopic (exact) mass is 238 g/mol. The van der Waals surface area contributed by atoms with Crippen molar-refractivity contribution in [3.05, 3.63) is 0 Å². The fourth-order valence-electron chi connectivity index (χ4n) is 1.18. The number of hydrogen-bond acceptors (Lipinski definition) is 4. The fraction of sp³-hybridized carbons (Fsp3) is 0.889. The second-order valence-corrected chi connectivity index (χ2v) is 5.08. The highest BCUT2D eigenvalue weighted by molar-refractivity contribution is 7.86. The van der Waals surface area contributed by atoms with Gasteiger partial charge < -0.3 is 5.11 Å². The molecular formula is C9H18O5S. The lowest BCUT2D eigenvalue weighted by atomic mass is 10.1. The summed E-state index contributed by atoms with van der Waals surface area (Å²) in [6.07, 6.45) is 3.48. The summed E-state index contributed by atoms with van der Waals surface area (Å²) in [6, 6.07) is 0. The summed E-state index contributed by atoms with van der Waals surface area (Å²) in [5, 5.41) is 8.70. The Labute approximate surface area is 90.6 Å². The molecule has 0 aromatic carbocycles. The van der Waals surface area contributed by atoms with Gasteiger partial charge in [0.2, 0.25) is 0 Å². The zero-order valence-electron chi connectivity index (χ0n) is 9.10. The van der Waals surface area contributed by atoms with Crippen molar-refractivity contribution < 1.29 is 22.5 Å². The van der Waals surface area contributed by atoms with Crippen LogP contribution in [-0.2, 0) is 19.1 Å². The van der Waals surface area contributed by atoms with Gasteiger partial charge >= 0.3 is 5.97 Å². The highest BCUT2D eigenvalue weighted by Gasteiger charge is 2.22. The van der Waals surface area contributed by atoms with Gasteiger partial charge in [-0.15, -0.1) is 0 Å². The van der Waals surface area contributed by atoms with E-state index < -0.39 is 22.2 Å². The molecule has 5 nitrogen and oxygen atoms in total. The average Bonchev–Trinajstić information content (AvgIpc) is 2.08. The van der Waals surface area contributed by atoms with Crippen LogP contribution < -0.4 is 0 Å². The molecule has 1 atom stereocenters. The van der Waals surface area contributed by atoms with Gasteiger partial charge in [-0.25, -0.2) is 4.79 Å². The number of carboxylic acid groups (broad SMARTS) is 1. The molecule has 0 spiro atoms. The Morgan fingerprint density at radius 2 is 1.93 bits per heavy atom. The lowest BCUT2D eigenvalue weighted by Crippen LogP contribution is -2.26. The maximum absolute atomic E-state index is 10.7. The summed E-state index contributed by atoms with van der Waals surface area (Å²) in [5.41, 5.74) is 0. The molecule has 0 aliphatic heterocycles. The standard InChI is InChI=1S/C9H18O5S/c1-3-4-5-6-7-8(9(10)11)14-15(2,12)13/h8H,3-7H2,1-2H3,(H,10,11). The van der Waals surface area contributed by atoms with Gasteiger partial charge in [0, 0.05) is 0 Å². The molecule has 1 unspecified atom stereocenters. The quantitative estimate of drug-likeness (QED) is 0.510. The third-order valence-corrected chi connectivity index (χ3v) is 2.47. The molecule has 6 heteroatoms. The van der Waals surface area contributed by atoms with Gasteiger partial charge in [-0.1, -0.05) is 32.6 Å². The first-order valence-corrected chi connectivity index (χ1v) is 6.79. The molecule has 90 valence electrons. The minimum Gasteiger partial charge on any atom is -0.479 e. The molecule has 0 aliphatic carbocycles. The predicted molar refractivity (Wildman–Crippen MR) is 56.1 cm³/mol. The van der Waals surface area contributed by atoms with E-state index in [-0.39, 0.29) is 6.42 Å². The summed E-state index contributed by atoms with van der Waals surface area (Å²) in [6.45, 7) is 2.04. The SMILES string of the molecule is CCCCCCC(OS(C)(=O)=O)C(=O)O. The smallest absolute Gasteiger partial charge is 0.334 e. The highest BCUT2D eigenvalue weighted by Crippen LogP contribution is 2.10. The van der Waals surface area contributed by atoms with E-state index in [0.717, 1.165) is 25.5 Å². The number of aliphatic carboxylic acids is 1. The van der Waals surface area contributed by atoms with Crippen LogP contribution in [0, 0.1) is 0 Å². The Morgan fingerprint density at radius 1 is 1.33 bits per heavy atom. The Morgan fingerprint density at radius 3 is 2.33 bits per heavy atom. The van der Waals surface area contributed by atoms with Gasteiger partial charge in [0.05, 0.1) is 6.26 Å². The van der Waals surface area contributed by atoms with E-state index in [1.54, 1.807) is 0 Å². The van der Waals surface area contributed by atoms with E-state index in [4.69, 9.17) is 5.11 Å². The topological polar surface area (TPSA) is 80.7 Å². The van der Waals surface area contributed by atoms with Gasteiger partial charge in [-0.3, -0.25) is 4.18 Å². The van der Waals surface area contributed by atoms with Crippen molar-refractivity contribution in [2.75, 3.05) is 6.26 Å². The number of carboxylic acids is 1. The van der Waals surface area contributed by atoms with Gasteiger partial charge in [-0.05, 0) is 6.42 Å². The third-order valence-electron chi connectivity index (χ3n) is 1.89. The molecule has 0 aliphatic rings. The maximum Gasteiger partial charge on any atom is 0.334 e. The van der Waals surface area contributed by atoms with Crippen molar-refractivity contribution in [2.24, 2.45) is 0 Å². The van der Waals surface area contributed by atoms with Gasteiger partial charge in [-0.2, -0.15) is 8.42 Å². The zero-order chi connectivity index (χ0) is 11.9. The van der Waals surface area contributed by atoms with Crippen LogP contribution in [0.15, 0.2) is 0 Å². The number of rotatable bonds is 8. The lowest BCUT2D eigenvalue weighted by molar-refractivity contribution is -0.145. The van der Waals surface area contributed by atoms with Crippen LogP contribution >= 0.6 is 0 Å². The second-order valence-electron chi connectivity index (χ2n) is 3.48. The van der Waals surface area contributed by atoms with Crippen LogP contribution in [0.1, 0.15) is 39.0 Å². The largest absolute Gasteiger partial charge is 0.479 e. The number of unbranched alkanes of at least 4 members (excludes halogenated alkanes) is 3. The van der Waals surface area contributed by atoms with E-state index in [9.17, 15) is 13.2 Å². The van der Waals surface area contributed by atoms with Crippen LogP contribution in [0.5, 0.6) is 0 Å². The molecule has 1 N–H and O–H groups in total. The molecule has 0 rings (SSSR count). The molecule has 0 aromatic rings. The molecule has 0 saturated heterocycles. The van der Waals surface area contributed by atoms with Crippen LogP contribution in [0.3, 0.4) is 0 Å². The van der Waals surface area contributed by atoms with Crippen molar-refractivity contribution >= 4 is 16.1 Å². The normalized spacial score (nSPS) is 13.7. The van der Waals surface area contributed by atoms with Crippen molar-refractivity contribution in [1.82, 2.24) is 0 Å². The van der Waals surface area contributed by atoms with E-state index in [2.05, 4.69) is 4.18 Å². The Bertz CT molecular complexity index is 283. The van der Waals surface area contributed by atoms with Crippen LogP contribution in [0.25, 0.3) is 0 Å². The minimum atomic E-state index is -3.69. The average molecular weight is 238 g/mol. The number of hydrogen-bond donors (Lipinski definition) is 1. The molecule has 0 amide bonds. The third kappa shape index (κ3) is 8.38. The Hall–Kier alpha value is -0.620. The molecular weight excluding hydrogens is 220 g/mol. The molecule has 15 heavy (non-hydrogen) atoms. The lowest BCUT2D eigenvalue weighted by Gasteiger charge is -2.10. The van der Waals surface area contributed by atoms with E-state index in [1.807, 2.05) is 6.92 Å². The summed E-state index contributed by atoms with van der Waals surface area (Å²) < 4.78 is 26.0. The van der Waals surface area contributed by atoms with Crippen molar-refractivity contribution in [3.63, 3.8) is 0 Å². The Kier molecular flexibility index (Phi) is 6.51. The molecule has 0 fully saturated rings. The molecule has 0 saturated carbocycles. The van der Waals surface area contributed by atoms with Crippen LogP contribution in [-0.4, -0.2) is 31.9 Å². The highest BCUT2D eigenvalue weighted by atomic mass is 32.2. The molecule has 0 aromatic heterocycles. The van der Waals surface area contributed by atoms with Crippen LogP contribution in [0.4, 0.5) is 0 Å². The zero-order valence-corrected chi connectivity index (χ0v) is 9.92. The van der Waals surface area contributed by atoms with Gasteiger partial charge in [0.15, 0.2) is 6.10 Å². The van der Waals surface area contributed by atoms with E-state index in [0.29, 0.717) is 6.42 Å². The maximum atomic E-state index is 10.7. The van der Waals surface area contributed by atoms with Gasteiger partial charge in [0.25, 0.3) is 10.1 Å². The van der Waals surface area contributed by atoms with Crippen molar-refractivity contribution in [3.8, 4) is 0 Å². The van der Waals surface area contributed by atoms with E-state index in [1.165, 1.54) is 0 Å². The predicted octanol–water partition coefficient (Wildman–Crippen LogP) is 1.39. The summed E-state index contributed by atoms with van der Waals surface area (Å²) >= 11 is 0. The fourth-order valence-corrected chi connectivity index (χ4v) is 1.78. The van der Waals surface area contributed by atoms with Crippen molar-refractivity contribution in [2.45, 2.75) is 45.1 Å². The molecule has 0 bridgehead atoms. The first-order valence-electron chi connectivity index (χ1n) is 4.98. The summed E-state index contributed by atoms with van der Waals surface area (Å²) in [7, 11) is -3.69. The molecule has 0 radical (unpaired) electrons. The van der Waals surface area contributed by atoms with Gasteiger partial charge in [0.1, 0.15) is 0 Å². The summed E-state index contributed by atoms with van der Waals surface area (Å²) in [4.78, 5) is 10.7. The van der Waals surface area contributed by atoms with E-state index >= 15 is 0 Å². The molecule has 0 heterocycles. The Balaban J connectivity index is 4.01. The van der Waals surface area contributed by atoms with Crippen molar-refractivity contribution in [1.29, 1.82) is 0 Å². The van der Waals surface area contributed by atoms with Crippen LogP contribution in [0.2, 0.25) is 0 Å². The first kappa shape index (κ1) is 14.4. The second kappa shape index (κ2) is 6.79. The minimum absolute atomic E-state index is 0.238. The number of carbonyl (C=O) groups is 1. The summed E-state index contributed by atoms with van der Waals surface area (Å²) in [5.74, 6) is -1.23. The first-order chi connectivity index (χ1) is 6.87.